The molecular weight excluding hydrogens is 428 g/mol. The SMILES string of the molecule is CS(=O)(=O)c1ccc(Br)cn1.CSc1ccc(Br)cn1. The third kappa shape index (κ3) is 6.34. The van der Waals surface area contributed by atoms with Gasteiger partial charge in [-0.1, -0.05) is 0 Å². The van der Waals surface area contributed by atoms with Crippen LogP contribution in [0.3, 0.4) is 0 Å². The van der Waals surface area contributed by atoms with E-state index in [4.69, 9.17) is 0 Å². The van der Waals surface area contributed by atoms with Crippen molar-refractivity contribution in [2.45, 2.75) is 10.1 Å². The highest BCUT2D eigenvalue weighted by molar-refractivity contribution is 9.10. The zero-order valence-electron chi connectivity index (χ0n) is 10.7. The Bertz CT molecular complexity index is 644. The van der Waals surface area contributed by atoms with Gasteiger partial charge in [-0.2, -0.15) is 0 Å². The van der Waals surface area contributed by atoms with E-state index >= 15 is 0 Å². The molecule has 0 saturated carbocycles. The molecule has 4 nitrogen and oxygen atoms in total. The molecule has 2 heterocycles. The molecule has 0 aliphatic carbocycles. The number of hydrogen-bond donors (Lipinski definition) is 0. The van der Waals surface area contributed by atoms with E-state index in [1.54, 1.807) is 24.0 Å². The van der Waals surface area contributed by atoms with E-state index in [1.165, 1.54) is 12.3 Å². The zero-order valence-corrected chi connectivity index (χ0v) is 15.6. The van der Waals surface area contributed by atoms with Crippen molar-refractivity contribution < 1.29 is 8.42 Å². The zero-order chi connectivity index (χ0) is 15.2. The quantitative estimate of drug-likeness (QED) is 0.665. The van der Waals surface area contributed by atoms with Crippen molar-refractivity contribution in [2.24, 2.45) is 0 Å². The highest BCUT2D eigenvalue weighted by atomic mass is 79.9. The minimum atomic E-state index is -3.15. The summed E-state index contributed by atoms with van der Waals surface area (Å²) in [6, 6.07) is 7.07. The summed E-state index contributed by atoms with van der Waals surface area (Å²) in [4.78, 5) is 7.83. The van der Waals surface area contributed by atoms with Crippen LogP contribution >= 0.6 is 43.6 Å². The van der Waals surface area contributed by atoms with Crippen LogP contribution < -0.4 is 0 Å². The first kappa shape index (κ1) is 17.6. The molecule has 108 valence electrons. The van der Waals surface area contributed by atoms with Gasteiger partial charge in [0, 0.05) is 27.6 Å². The van der Waals surface area contributed by atoms with Crippen molar-refractivity contribution in [1.29, 1.82) is 0 Å². The molecule has 0 aromatic carbocycles. The second-order valence-corrected chi connectivity index (χ2v) is 8.23. The van der Waals surface area contributed by atoms with E-state index in [9.17, 15) is 8.42 Å². The maximum Gasteiger partial charge on any atom is 0.192 e. The second-order valence-electron chi connectivity index (χ2n) is 3.61. The fourth-order valence-electron chi connectivity index (χ4n) is 1.06. The predicted molar refractivity (Wildman–Crippen MR) is 88.8 cm³/mol. The largest absolute Gasteiger partial charge is 0.249 e. The van der Waals surface area contributed by atoms with Crippen LogP contribution in [0.1, 0.15) is 0 Å². The Morgan fingerprint density at radius 1 is 1.00 bits per heavy atom. The molecule has 0 aliphatic heterocycles. The summed E-state index contributed by atoms with van der Waals surface area (Å²) in [5.41, 5.74) is 0. The number of thioether (sulfide) groups is 1. The van der Waals surface area contributed by atoms with E-state index in [0.717, 1.165) is 20.2 Å². The molecule has 2 aromatic heterocycles. The average molecular weight is 440 g/mol. The Labute approximate surface area is 139 Å². The summed E-state index contributed by atoms with van der Waals surface area (Å²) in [7, 11) is -3.15. The smallest absolute Gasteiger partial charge is 0.192 e. The Hall–Kier alpha value is -0.440. The highest BCUT2D eigenvalue weighted by Crippen LogP contribution is 2.13. The number of sulfone groups is 1. The maximum absolute atomic E-state index is 10.9. The number of aromatic nitrogens is 2. The van der Waals surface area contributed by atoms with Gasteiger partial charge in [0.2, 0.25) is 0 Å². The van der Waals surface area contributed by atoms with Gasteiger partial charge < -0.3 is 0 Å². The van der Waals surface area contributed by atoms with Crippen LogP contribution in [0.5, 0.6) is 0 Å². The molecule has 0 bridgehead atoms. The lowest BCUT2D eigenvalue weighted by Gasteiger charge is -1.94. The summed E-state index contributed by atoms with van der Waals surface area (Å²) < 4.78 is 23.5. The van der Waals surface area contributed by atoms with Crippen LogP contribution in [0.15, 0.2) is 55.7 Å². The number of halogens is 2. The molecule has 20 heavy (non-hydrogen) atoms. The third-order valence-corrected chi connectivity index (χ3v) is 4.59. The van der Waals surface area contributed by atoms with Gasteiger partial charge in [0.15, 0.2) is 14.9 Å². The van der Waals surface area contributed by atoms with Gasteiger partial charge in [0.1, 0.15) is 0 Å². The van der Waals surface area contributed by atoms with Crippen LogP contribution in [-0.4, -0.2) is 30.9 Å². The van der Waals surface area contributed by atoms with E-state index in [1.807, 2.05) is 18.4 Å². The van der Waals surface area contributed by atoms with Crippen molar-refractivity contribution >= 4 is 53.5 Å². The molecule has 0 spiro atoms. The van der Waals surface area contributed by atoms with Crippen molar-refractivity contribution in [1.82, 2.24) is 9.97 Å². The Balaban J connectivity index is 0.000000204. The molecular formula is C12H12Br2N2O2S2. The van der Waals surface area contributed by atoms with Gasteiger partial charge in [-0.3, -0.25) is 0 Å². The van der Waals surface area contributed by atoms with E-state index in [0.29, 0.717) is 0 Å². The molecule has 8 heteroatoms. The van der Waals surface area contributed by atoms with Crippen LogP contribution in [0, 0.1) is 0 Å². The Morgan fingerprint density at radius 2 is 1.55 bits per heavy atom. The lowest BCUT2D eigenvalue weighted by molar-refractivity contribution is 0.598. The van der Waals surface area contributed by atoms with Crippen molar-refractivity contribution in [3.63, 3.8) is 0 Å². The van der Waals surface area contributed by atoms with Crippen molar-refractivity contribution in [2.75, 3.05) is 12.5 Å². The lowest BCUT2D eigenvalue weighted by atomic mass is 10.5. The van der Waals surface area contributed by atoms with Crippen molar-refractivity contribution in [3.05, 3.63) is 45.6 Å². The number of pyridine rings is 2. The lowest BCUT2D eigenvalue weighted by Crippen LogP contribution is -1.99. The molecule has 0 radical (unpaired) electrons. The van der Waals surface area contributed by atoms with Crippen LogP contribution in [0.2, 0.25) is 0 Å². The monoisotopic (exact) mass is 438 g/mol. The Kier molecular flexibility index (Phi) is 7.14. The van der Waals surface area contributed by atoms with Gasteiger partial charge in [-0.15, -0.1) is 11.8 Å². The highest BCUT2D eigenvalue weighted by Gasteiger charge is 2.06. The van der Waals surface area contributed by atoms with Gasteiger partial charge in [0.05, 0.1) is 5.03 Å². The second kappa shape index (κ2) is 8.11. The first-order valence-corrected chi connectivity index (χ1v) is 10.0. The van der Waals surface area contributed by atoms with Crippen LogP contribution in [0.4, 0.5) is 0 Å². The molecule has 2 rings (SSSR count). The minimum absolute atomic E-state index is 0.0979. The molecule has 0 atom stereocenters. The first-order chi connectivity index (χ1) is 9.32. The fourth-order valence-corrected chi connectivity index (χ4v) is 2.46. The van der Waals surface area contributed by atoms with E-state index in [-0.39, 0.29) is 5.03 Å². The summed E-state index contributed by atoms with van der Waals surface area (Å²) in [5.74, 6) is 0. The molecule has 0 saturated heterocycles. The first-order valence-electron chi connectivity index (χ1n) is 5.30. The summed E-state index contributed by atoms with van der Waals surface area (Å²) >= 11 is 8.10. The molecule has 0 amide bonds. The molecule has 0 unspecified atom stereocenters. The van der Waals surface area contributed by atoms with Gasteiger partial charge in [-0.05, 0) is 62.4 Å². The third-order valence-electron chi connectivity index (χ3n) is 1.99. The van der Waals surface area contributed by atoms with E-state index < -0.39 is 9.84 Å². The average Bonchev–Trinajstić information content (AvgIpc) is 2.40. The normalized spacial score (nSPS) is 10.6. The standard InChI is InChI=1S/C6H6BrNO2S.C6H6BrNS/c1-11(9,10)6-3-2-5(7)4-8-6;1-9-6-3-2-5(7)4-8-6/h2-4H,1H3;2-4H,1H3. The van der Waals surface area contributed by atoms with Crippen LogP contribution in [-0.2, 0) is 9.84 Å². The summed E-state index contributed by atoms with van der Waals surface area (Å²) in [6.45, 7) is 0. The Morgan fingerprint density at radius 3 is 1.90 bits per heavy atom. The van der Waals surface area contributed by atoms with Gasteiger partial charge in [-0.25, -0.2) is 18.4 Å². The molecule has 0 aliphatic rings. The fraction of sp³-hybridized carbons (Fsp3) is 0.167. The molecule has 0 N–H and O–H groups in total. The van der Waals surface area contributed by atoms with Gasteiger partial charge >= 0.3 is 0 Å². The predicted octanol–water partition coefficient (Wildman–Crippen LogP) is 3.81. The number of hydrogen-bond acceptors (Lipinski definition) is 5. The topological polar surface area (TPSA) is 59.9 Å². The summed E-state index contributed by atoms with van der Waals surface area (Å²) in [6.07, 6.45) is 6.39. The summed E-state index contributed by atoms with van der Waals surface area (Å²) in [5, 5.41) is 1.15. The molecule has 2 aromatic rings. The minimum Gasteiger partial charge on any atom is -0.249 e. The number of rotatable bonds is 2. The number of nitrogens with zero attached hydrogens (tertiary/aromatic N) is 2. The maximum atomic E-state index is 10.9. The van der Waals surface area contributed by atoms with E-state index in [2.05, 4.69) is 41.8 Å². The van der Waals surface area contributed by atoms with Crippen molar-refractivity contribution in [3.8, 4) is 0 Å². The van der Waals surface area contributed by atoms with Gasteiger partial charge in [0.25, 0.3) is 0 Å². The molecule has 0 fully saturated rings. The van der Waals surface area contributed by atoms with Crippen LogP contribution in [0.25, 0.3) is 0 Å².